The quantitative estimate of drug-likeness (QED) is 0.858. The third-order valence-corrected chi connectivity index (χ3v) is 3.83. The van der Waals surface area contributed by atoms with Gasteiger partial charge in [0.1, 0.15) is 5.92 Å². The lowest BCUT2D eigenvalue weighted by Gasteiger charge is -2.18. The Balaban J connectivity index is 2.62. The van der Waals surface area contributed by atoms with Gasteiger partial charge in [0.05, 0.1) is 9.86 Å². The standard InChI is InChI=1S/C11H13BrN2OS/c1-3-9(5-13)11(15)14(2)6-8-4-10(12)16-7-8/h4,7,9H,3,6H2,1-2H3. The van der Waals surface area contributed by atoms with Gasteiger partial charge in [-0.25, -0.2) is 0 Å². The van der Waals surface area contributed by atoms with E-state index in [1.165, 1.54) is 0 Å². The highest BCUT2D eigenvalue weighted by atomic mass is 79.9. The number of nitrogens with zero attached hydrogens (tertiary/aromatic N) is 2. The van der Waals surface area contributed by atoms with E-state index in [-0.39, 0.29) is 5.91 Å². The summed E-state index contributed by atoms with van der Waals surface area (Å²) in [5.74, 6) is -0.626. The number of rotatable bonds is 4. The van der Waals surface area contributed by atoms with Crippen LogP contribution >= 0.6 is 27.3 Å². The van der Waals surface area contributed by atoms with Crippen molar-refractivity contribution in [2.24, 2.45) is 5.92 Å². The average Bonchev–Trinajstić information content (AvgIpc) is 2.65. The van der Waals surface area contributed by atoms with Gasteiger partial charge < -0.3 is 4.90 Å². The zero-order valence-electron chi connectivity index (χ0n) is 9.24. The van der Waals surface area contributed by atoms with Gasteiger partial charge in [-0.1, -0.05) is 6.92 Å². The molecule has 0 aliphatic rings. The number of amides is 1. The molecule has 1 amide bonds. The van der Waals surface area contributed by atoms with Crippen LogP contribution in [0.5, 0.6) is 0 Å². The van der Waals surface area contributed by atoms with Crippen molar-refractivity contribution < 1.29 is 4.79 Å². The highest BCUT2D eigenvalue weighted by Crippen LogP contribution is 2.22. The normalized spacial score (nSPS) is 11.9. The molecule has 0 fully saturated rings. The van der Waals surface area contributed by atoms with Crippen molar-refractivity contribution in [2.75, 3.05) is 7.05 Å². The largest absolute Gasteiger partial charge is 0.340 e. The summed E-state index contributed by atoms with van der Waals surface area (Å²) in [4.78, 5) is 13.4. The van der Waals surface area contributed by atoms with Crippen LogP contribution in [0.15, 0.2) is 15.2 Å². The molecule has 1 rings (SSSR count). The second-order valence-electron chi connectivity index (χ2n) is 3.54. The van der Waals surface area contributed by atoms with Gasteiger partial charge in [-0.05, 0) is 39.4 Å². The van der Waals surface area contributed by atoms with Crippen LogP contribution in [0.2, 0.25) is 0 Å². The van der Waals surface area contributed by atoms with Crippen LogP contribution < -0.4 is 0 Å². The lowest BCUT2D eigenvalue weighted by Crippen LogP contribution is -2.31. The van der Waals surface area contributed by atoms with E-state index >= 15 is 0 Å². The first-order chi connectivity index (χ1) is 7.58. The summed E-state index contributed by atoms with van der Waals surface area (Å²) in [5.41, 5.74) is 1.08. The fourth-order valence-corrected chi connectivity index (χ4v) is 2.57. The zero-order valence-corrected chi connectivity index (χ0v) is 11.6. The Morgan fingerprint density at radius 1 is 1.75 bits per heavy atom. The fraction of sp³-hybridized carbons (Fsp3) is 0.455. The molecule has 0 aromatic carbocycles. The van der Waals surface area contributed by atoms with Crippen molar-refractivity contribution in [3.63, 3.8) is 0 Å². The minimum Gasteiger partial charge on any atom is -0.340 e. The molecule has 0 saturated heterocycles. The summed E-state index contributed by atoms with van der Waals surface area (Å²) in [6.07, 6.45) is 0.563. The smallest absolute Gasteiger partial charge is 0.239 e. The first-order valence-corrected chi connectivity index (χ1v) is 6.63. The van der Waals surface area contributed by atoms with Gasteiger partial charge in [-0.2, -0.15) is 5.26 Å². The Labute approximate surface area is 108 Å². The monoisotopic (exact) mass is 300 g/mol. The van der Waals surface area contributed by atoms with Crippen LogP contribution in [0.4, 0.5) is 0 Å². The summed E-state index contributed by atoms with van der Waals surface area (Å²) < 4.78 is 1.05. The molecule has 0 saturated carbocycles. The Kier molecular flexibility index (Phi) is 4.97. The number of halogens is 1. The van der Waals surface area contributed by atoms with Crippen LogP contribution in [0.25, 0.3) is 0 Å². The van der Waals surface area contributed by atoms with Crippen molar-refractivity contribution in [3.8, 4) is 6.07 Å². The van der Waals surface area contributed by atoms with E-state index in [1.807, 2.05) is 24.4 Å². The van der Waals surface area contributed by atoms with Gasteiger partial charge in [-0.3, -0.25) is 4.79 Å². The van der Waals surface area contributed by atoms with E-state index in [1.54, 1.807) is 23.3 Å². The van der Waals surface area contributed by atoms with Gasteiger partial charge in [-0.15, -0.1) is 11.3 Å². The number of hydrogen-bond donors (Lipinski definition) is 0. The molecule has 0 aliphatic carbocycles. The molecular weight excluding hydrogens is 288 g/mol. The Hall–Kier alpha value is -0.860. The van der Waals surface area contributed by atoms with Crippen molar-refractivity contribution in [1.82, 2.24) is 4.90 Å². The predicted molar refractivity (Wildman–Crippen MR) is 67.9 cm³/mol. The molecule has 0 bridgehead atoms. The zero-order chi connectivity index (χ0) is 12.1. The van der Waals surface area contributed by atoms with Crippen LogP contribution in [0, 0.1) is 17.2 Å². The predicted octanol–water partition coefficient (Wildman–Crippen LogP) is 3.02. The maximum atomic E-state index is 11.8. The summed E-state index contributed by atoms with van der Waals surface area (Å²) in [5, 5.41) is 10.8. The molecule has 1 aromatic heterocycles. The summed E-state index contributed by atoms with van der Waals surface area (Å²) in [7, 11) is 1.73. The molecule has 1 heterocycles. The maximum Gasteiger partial charge on any atom is 0.239 e. The Morgan fingerprint density at radius 3 is 2.88 bits per heavy atom. The third-order valence-electron chi connectivity index (χ3n) is 2.28. The van der Waals surface area contributed by atoms with Crippen LogP contribution in [0.1, 0.15) is 18.9 Å². The number of hydrogen-bond acceptors (Lipinski definition) is 3. The highest BCUT2D eigenvalue weighted by Gasteiger charge is 2.19. The molecule has 16 heavy (non-hydrogen) atoms. The molecule has 86 valence electrons. The average molecular weight is 301 g/mol. The number of nitriles is 1. The number of thiophene rings is 1. The van der Waals surface area contributed by atoms with E-state index in [0.29, 0.717) is 13.0 Å². The molecule has 0 N–H and O–H groups in total. The molecule has 0 aliphatic heterocycles. The van der Waals surface area contributed by atoms with Crippen LogP contribution in [-0.4, -0.2) is 17.9 Å². The topological polar surface area (TPSA) is 44.1 Å². The Morgan fingerprint density at radius 2 is 2.44 bits per heavy atom. The van der Waals surface area contributed by atoms with Gasteiger partial charge in [0.25, 0.3) is 0 Å². The first kappa shape index (κ1) is 13.2. The van der Waals surface area contributed by atoms with Crippen molar-refractivity contribution in [1.29, 1.82) is 5.26 Å². The minimum atomic E-state index is -0.521. The minimum absolute atomic E-state index is 0.104. The van der Waals surface area contributed by atoms with E-state index in [0.717, 1.165) is 9.35 Å². The molecular formula is C11H13BrN2OS. The first-order valence-electron chi connectivity index (χ1n) is 4.96. The van der Waals surface area contributed by atoms with Crippen molar-refractivity contribution in [2.45, 2.75) is 19.9 Å². The van der Waals surface area contributed by atoms with Crippen molar-refractivity contribution >= 4 is 33.2 Å². The summed E-state index contributed by atoms with van der Waals surface area (Å²) in [6, 6.07) is 4.01. The van der Waals surface area contributed by atoms with Crippen LogP contribution in [0.3, 0.4) is 0 Å². The molecule has 1 unspecified atom stereocenters. The maximum absolute atomic E-state index is 11.8. The lowest BCUT2D eigenvalue weighted by molar-refractivity contribution is -0.133. The molecule has 1 aromatic rings. The second-order valence-corrected chi connectivity index (χ2v) is 5.83. The highest BCUT2D eigenvalue weighted by molar-refractivity contribution is 9.11. The molecule has 1 atom stereocenters. The fourth-order valence-electron chi connectivity index (χ4n) is 1.37. The second kappa shape index (κ2) is 6.02. The number of carbonyl (C=O) groups excluding carboxylic acids is 1. The van der Waals surface area contributed by atoms with E-state index < -0.39 is 5.92 Å². The molecule has 3 nitrogen and oxygen atoms in total. The molecule has 0 radical (unpaired) electrons. The summed E-state index contributed by atoms with van der Waals surface area (Å²) >= 11 is 4.97. The van der Waals surface area contributed by atoms with Gasteiger partial charge >= 0.3 is 0 Å². The SMILES string of the molecule is CCC(C#N)C(=O)N(C)Cc1csc(Br)c1. The van der Waals surface area contributed by atoms with Crippen molar-refractivity contribution in [3.05, 3.63) is 20.8 Å². The van der Waals surface area contributed by atoms with Gasteiger partial charge in [0.15, 0.2) is 0 Å². The van der Waals surface area contributed by atoms with Gasteiger partial charge in [0.2, 0.25) is 5.91 Å². The lowest BCUT2D eigenvalue weighted by atomic mass is 10.1. The van der Waals surface area contributed by atoms with E-state index in [9.17, 15) is 4.79 Å². The molecule has 5 heteroatoms. The van der Waals surface area contributed by atoms with E-state index in [4.69, 9.17) is 5.26 Å². The summed E-state index contributed by atoms with van der Waals surface area (Å²) in [6.45, 7) is 2.40. The molecule has 0 spiro atoms. The van der Waals surface area contributed by atoms with E-state index in [2.05, 4.69) is 15.9 Å². The number of carbonyl (C=O) groups is 1. The van der Waals surface area contributed by atoms with Gasteiger partial charge in [0, 0.05) is 13.6 Å². The Bertz CT molecular complexity index is 410. The third kappa shape index (κ3) is 3.32. The van der Waals surface area contributed by atoms with Crippen LogP contribution in [-0.2, 0) is 11.3 Å².